The van der Waals surface area contributed by atoms with E-state index in [1.807, 2.05) is 0 Å². The zero-order valence-electron chi connectivity index (χ0n) is 17.5. The van der Waals surface area contributed by atoms with Gasteiger partial charge >= 0.3 is 11.9 Å². The Morgan fingerprint density at radius 3 is 1.86 bits per heavy atom. The van der Waals surface area contributed by atoms with Gasteiger partial charge in [0.2, 0.25) is 0 Å². The van der Waals surface area contributed by atoms with Crippen LogP contribution >= 0.6 is 12.4 Å². The monoisotopic (exact) mass is 420 g/mol. The molecule has 0 aliphatic carbocycles. The van der Waals surface area contributed by atoms with Crippen LogP contribution in [0.1, 0.15) is 96.8 Å². The molecule has 0 spiro atoms. The van der Waals surface area contributed by atoms with Gasteiger partial charge in [-0.3, -0.25) is 9.79 Å². The summed E-state index contributed by atoms with van der Waals surface area (Å²) in [4.78, 5) is 27.2. The second-order valence-corrected chi connectivity index (χ2v) is 7.13. The predicted molar refractivity (Wildman–Crippen MR) is 117 cm³/mol. The minimum atomic E-state index is -0.819. The number of hydrogen-bond acceptors (Lipinski definition) is 5. The van der Waals surface area contributed by atoms with E-state index in [1.165, 1.54) is 51.4 Å². The maximum Gasteiger partial charge on any atom is 0.330 e. The van der Waals surface area contributed by atoms with Crippen LogP contribution in [-0.4, -0.2) is 30.5 Å². The number of nitrogens with zero attached hydrogens (tertiary/aromatic N) is 1. The average Bonchev–Trinajstić information content (AvgIpc) is 2.62. The lowest BCUT2D eigenvalue weighted by molar-refractivity contribution is -0.160. The standard InChI is InChI=1S/C20H40N4O3.ClH/c1-2-3-4-5-6-7-8-9-10-11-12-15-18(25)27-19(26)17(21)14-13-16-24-20(22)23;/h17H,2-16,21H2,1H3,(H4,22,23,24);1H/t17-;/m0./s1. The number of nitrogens with two attached hydrogens (primary N) is 3. The number of unbranched alkanes of at least 4 members (excludes halogenated alkanes) is 10. The van der Waals surface area contributed by atoms with E-state index in [-0.39, 0.29) is 24.8 Å². The third-order valence-electron chi connectivity index (χ3n) is 4.47. The molecule has 0 radical (unpaired) electrons. The van der Waals surface area contributed by atoms with Gasteiger partial charge in [0.1, 0.15) is 6.04 Å². The molecule has 0 aromatic heterocycles. The van der Waals surface area contributed by atoms with Gasteiger partial charge < -0.3 is 21.9 Å². The summed E-state index contributed by atoms with van der Waals surface area (Å²) in [5.74, 6) is -1.16. The van der Waals surface area contributed by atoms with Gasteiger partial charge in [0, 0.05) is 13.0 Å². The Kier molecular flexibility index (Phi) is 21.0. The third-order valence-corrected chi connectivity index (χ3v) is 4.47. The third kappa shape index (κ3) is 19.4. The molecule has 0 aliphatic rings. The lowest BCUT2D eigenvalue weighted by Gasteiger charge is -2.09. The van der Waals surface area contributed by atoms with Crippen LogP contribution in [0.5, 0.6) is 0 Å². The van der Waals surface area contributed by atoms with Crippen LogP contribution in [0.25, 0.3) is 0 Å². The van der Waals surface area contributed by atoms with Crippen LogP contribution in [-0.2, 0) is 14.3 Å². The first-order chi connectivity index (χ1) is 13.0. The molecule has 6 N–H and O–H groups in total. The molecule has 0 bridgehead atoms. The Balaban J connectivity index is 0. The first-order valence-corrected chi connectivity index (χ1v) is 10.5. The average molecular weight is 421 g/mol. The fourth-order valence-corrected chi connectivity index (χ4v) is 2.81. The number of guanidine groups is 1. The maximum atomic E-state index is 11.7. The largest absolute Gasteiger partial charge is 0.392 e. The molecule has 0 unspecified atom stereocenters. The molecule has 1 atom stereocenters. The molecule has 0 rings (SSSR count). The van der Waals surface area contributed by atoms with E-state index < -0.39 is 18.0 Å². The molecular weight excluding hydrogens is 380 g/mol. The Bertz CT molecular complexity index is 430. The summed E-state index contributed by atoms with van der Waals surface area (Å²) in [5.41, 5.74) is 16.1. The van der Waals surface area contributed by atoms with E-state index in [9.17, 15) is 9.59 Å². The summed E-state index contributed by atoms with van der Waals surface area (Å²) in [7, 11) is 0. The molecule has 8 heteroatoms. The summed E-state index contributed by atoms with van der Waals surface area (Å²) in [6, 6.07) is -0.819. The van der Waals surface area contributed by atoms with E-state index in [0.717, 1.165) is 19.3 Å². The second-order valence-electron chi connectivity index (χ2n) is 7.13. The lowest BCUT2D eigenvalue weighted by atomic mass is 10.1. The zero-order chi connectivity index (χ0) is 20.3. The van der Waals surface area contributed by atoms with Crippen molar-refractivity contribution >= 4 is 30.3 Å². The molecule has 0 fully saturated rings. The topological polar surface area (TPSA) is 134 Å². The number of esters is 2. The van der Waals surface area contributed by atoms with E-state index in [1.54, 1.807) is 0 Å². The molecular formula is C20H41ClN4O3. The highest BCUT2D eigenvalue weighted by Gasteiger charge is 2.18. The number of carbonyl (C=O) groups is 2. The van der Waals surface area contributed by atoms with Crippen LogP contribution in [0.3, 0.4) is 0 Å². The quantitative estimate of drug-likeness (QED) is 0.108. The fraction of sp³-hybridized carbons (Fsp3) is 0.850. The van der Waals surface area contributed by atoms with Crippen LogP contribution in [0.4, 0.5) is 0 Å². The van der Waals surface area contributed by atoms with Gasteiger partial charge in [-0.15, -0.1) is 12.4 Å². The maximum absolute atomic E-state index is 11.7. The SMILES string of the molecule is CCCCCCCCCCCCCC(=O)OC(=O)[C@@H](N)CCCN=C(N)N.Cl. The predicted octanol–water partition coefficient (Wildman–Crippen LogP) is 3.56. The van der Waals surface area contributed by atoms with Crippen molar-refractivity contribution in [2.75, 3.05) is 6.54 Å². The number of ether oxygens (including phenoxy) is 1. The fourth-order valence-electron chi connectivity index (χ4n) is 2.81. The Morgan fingerprint density at radius 1 is 0.857 bits per heavy atom. The Morgan fingerprint density at radius 2 is 1.36 bits per heavy atom. The highest BCUT2D eigenvalue weighted by molar-refractivity contribution is 5.88. The van der Waals surface area contributed by atoms with E-state index in [4.69, 9.17) is 21.9 Å². The van der Waals surface area contributed by atoms with E-state index in [2.05, 4.69) is 11.9 Å². The normalized spacial score (nSPS) is 11.4. The summed E-state index contributed by atoms with van der Waals surface area (Å²) in [5, 5.41) is 0. The molecule has 0 aromatic carbocycles. The molecule has 7 nitrogen and oxygen atoms in total. The van der Waals surface area contributed by atoms with Crippen LogP contribution in [0, 0.1) is 0 Å². The molecule has 0 saturated carbocycles. The number of carbonyl (C=O) groups excluding carboxylic acids is 2. The number of rotatable bonds is 17. The molecule has 0 heterocycles. The van der Waals surface area contributed by atoms with Crippen molar-refractivity contribution < 1.29 is 14.3 Å². The summed E-state index contributed by atoms with van der Waals surface area (Å²) in [6.07, 6.45) is 14.5. The number of halogens is 1. The van der Waals surface area contributed by atoms with Crippen molar-refractivity contribution in [1.82, 2.24) is 0 Å². The zero-order valence-corrected chi connectivity index (χ0v) is 18.3. The second kappa shape index (κ2) is 20.4. The molecule has 166 valence electrons. The van der Waals surface area contributed by atoms with Crippen molar-refractivity contribution in [3.63, 3.8) is 0 Å². The number of aliphatic imine (C=N–C) groups is 1. The van der Waals surface area contributed by atoms with Gasteiger partial charge in [-0.1, -0.05) is 71.1 Å². The summed E-state index contributed by atoms with van der Waals surface area (Å²) < 4.78 is 4.79. The van der Waals surface area contributed by atoms with Gasteiger partial charge in [0.15, 0.2) is 5.96 Å². The van der Waals surface area contributed by atoms with Gasteiger partial charge in [0.05, 0.1) is 0 Å². The smallest absolute Gasteiger partial charge is 0.330 e. The van der Waals surface area contributed by atoms with Gasteiger partial charge in [-0.05, 0) is 19.3 Å². The van der Waals surface area contributed by atoms with Crippen LogP contribution in [0.2, 0.25) is 0 Å². The van der Waals surface area contributed by atoms with Crippen molar-refractivity contribution in [3.8, 4) is 0 Å². The van der Waals surface area contributed by atoms with Gasteiger partial charge in [0.25, 0.3) is 0 Å². The van der Waals surface area contributed by atoms with E-state index in [0.29, 0.717) is 19.4 Å². The van der Waals surface area contributed by atoms with Crippen LogP contribution < -0.4 is 17.2 Å². The van der Waals surface area contributed by atoms with Gasteiger partial charge in [-0.2, -0.15) is 0 Å². The van der Waals surface area contributed by atoms with Crippen molar-refractivity contribution in [3.05, 3.63) is 0 Å². The Labute approximate surface area is 176 Å². The van der Waals surface area contributed by atoms with E-state index >= 15 is 0 Å². The Hall–Kier alpha value is -1.34. The van der Waals surface area contributed by atoms with Gasteiger partial charge in [-0.25, -0.2) is 4.79 Å². The summed E-state index contributed by atoms with van der Waals surface area (Å²) >= 11 is 0. The molecule has 28 heavy (non-hydrogen) atoms. The minimum absolute atomic E-state index is 0. The first-order valence-electron chi connectivity index (χ1n) is 10.5. The first kappa shape index (κ1) is 28.9. The molecule has 0 saturated heterocycles. The van der Waals surface area contributed by atoms with Crippen molar-refractivity contribution in [1.29, 1.82) is 0 Å². The number of hydrogen-bond donors (Lipinski definition) is 3. The molecule has 0 aliphatic heterocycles. The molecule has 0 amide bonds. The minimum Gasteiger partial charge on any atom is -0.392 e. The highest BCUT2D eigenvalue weighted by Crippen LogP contribution is 2.12. The van der Waals surface area contributed by atoms with Crippen LogP contribution in [0.15, 0.2) is 4.99 Å². The summed E-state index contributed by atoms with van der Waals surface area (Å²) in [6.45, 7) is 2.63. The molecule has 0 aromatic rings. The highest BCUT2D eigenvalue weighted by atomic mass is 35.5. The van der Waals surface area contributed by atoms with Crippen molar-refractivity contribution in [2.45, 2.75) is 103 Å². The lowest BCUT2D eigenvalue weighted by Crippen LogP contribution is -2.34. The van der Waals surface area contributed by atoms with Crippen molar-refractivity contribution in [2.24, 2.45) is 22.2 Å².